The molecule has 0 amide bonds. The lowest BCUT2D eigenvalue weighted by atomic mass is 9.94. The lowest BCUT2D eigenvalue weighted by Crippen LogP contribution is -2.46. The number of aryl methyl sites for hydroxylation is 1. The van der Waals surface area contributed by atoms with E-state index in [1.807, 2.05) is 6.92 Å². The number of fused-ring (bicyclic) bond motifs is 1. The molecule has 100 valence electrons. The third-order valence-electron chi connectivity index (χ3n) is 4.12. The summed E-state index contributed by atoms with van der Waals surface area (Å²) in [7, 11) is 0. The van der Waals surface area contributed by atoms with Crippen LogP contribution in [0.1, 0.15) is 19.0 Å². The Hall–Kier alpha value is -1.68. The van der Waals surface area contributed by atoms with Gasteiger partial charge in [-0.25, -0.2) is 0 Å². The maximum absolute atomic E-state index is 6.09. The van der Waals surface area contributed by atoms with Crippen molar-refractivity contribution in [3.05, 3.63) is 30.0 Å². The van der Waals surface area contributed by atoms with Crippen LogP contribution in [0.3, 0.4) is 0 Å². The Morgan fingerprint density at radius 1 is 1.21 bits per heavy atom. The van der Waals surface area contributed by atoms with Crippen molar-refractivity contribution in [2.45, 2.75) is 26.3 Å². The fraction of sp³-hybridized carbons (Fsp3) is 0.467. The number of aromatic nitrogens is 2. The van der Waals surface area contributed by atoms with Crippen LogP contribution < -0.4 is 10.6 Å². The minimum absolute atomic E-state index is 0.306. The van der Waals surface area contributed by atoms with E-state index >= 15 is 0 Å². The number of piperidine rings is 1. The van der Waals surface area contributed by atoms with Crippen molar-refractivity contribution in [2.75, 3.05) is 18.0 Å². The van der Waals surface area contributed by atoms with Crippen LogP contribution in [-0.4, -0.2) is 29.3 Å². The standard InChI is InChI=1S/C15H20N4/c1-10-9-19(8-7-14(10)16)15-13-6-4-3-5-12(13)11(2)17-18-15/h3-6,10,14H,7-9,16H2,1-2H3. The van der Waals surface area contributed by atoms with Crippen molar-refractivity contribution >= 4 is 16.6 Å². The first-order valence-corrected chi connectivity index (χ1v) is 6.89. The highest BCUT2D eigenvalue weighted by molar-refractivity contribution is 5.93. The summed E-state index contributed by atoms with van der Waals surface area (Å²) in [4.78, 5) is 2.32. The fourth-order valence-corrected chi connectivity index (χ4v) is 2.81. The normalized spacial score (nSPS) is 23.8. The summed E-state index contributed by atoms with van der Waals surface area (Å²) < 4.78 is 0. The Bertz CT molecular complexity index is 596. The number of benzene rings is 1. The van der Waals surface area contributed by atoms with E-state index in [1.165, 1.54) is 10.8 Å². The molecule has 2 atom stereocenters. The van der Waals surface area contributed by atoms with E-state index in [0.717, 1.165) is 31.0 Å². The lowest BCUT2D eigenvalue weighted by molar-refractivity contribution is 0.381. The van der Waals surface area contributed by atoms with Crippen molar-refractivity contribution in [3.63, 3.8) is 0 Å². The quantitative estimate of drug-likeness (QED) is 0.849. The van der Waals surface area contributed by atoms with Gasteiger partial charge in [0.15, 0.2) is 5.82 Å². The van der Waals surface area contributed by atoms with Gasteiger partial charge in [0.2, 0.25) is 0 Å². The van der Waals surface area contributed by atoms with Gasteiger partial charge in [0.25, 0.3) is 0 Å². The predicted molar refractivity (Wildman–Crippen MR) is 78.2 cm³/mol. The first-order chi connectivity index (χ1) is 9.16. The van der Waals surface area contributed by atoms with Gasteiger partial charge in [-0.3, -0.25) is 0 Å². The van der Waals surface area contributed by atoms with Crippen LogP contribution in [0.4, 0.5) is 5.82 Å². The zero-order chi connectivity index (χ0) is 13.4. The zero-order valence-electron chi connectivity index (χ0n) is 11.5. The Labute approximate surface area is 113 Å². The summed E-state index contributed by atoms with van der Waals surface area (Å²) in [6.07, 6.45) is 1.02. The van der Waals surface area contributed by atoms with E-state index in [2.05, 4.69) is 46.3 Å². The summed E-state index contributed by atoms with van der Waals surface area (Å²) in [6.45, 7) is 6.14. The maximum atomic E-state index is 6.09. The topological polar surface area (TPSA) is 55.0 Å². The van der Waals surface area contributed by atoms with E-state index in [4.69, 9.17) is 5.73 Å². The first kappa shape index (κ1) is 12.4. The lowest BCUT2D eigenvalue weighted by Gasteiger charge is -2.36. The third-order valence-corrected chi connectivity index (χ3v) is 4.12. The molecule has 1 aliphatic rings. The van der Waals surface area contributed by atoms with Gasteiger partial charge >= 0.3 is 0 Å². The molecule has 19 heavy (non-hydrogen) atoms. The number of nitrogens with zero attached hydrogens (tertiary/aromatic N) is 3. The van der Waals surface area contributed by atoms with Crippen LogP contribution in [-0.2, 0) is 0 Å². The second-order valence-electron chi connectivity index (χ2n) is 5.53. The molecule has 0 bridgehead atoms. The fourth-order valence-electron chi connectivity index (χ4n) is 2.81. The van der Waals surface area contributed by atoms with Gasteiger partial charge in [-0.15, -0.1) is 5.10 Å². The Balaban J connectivity index is 2.04. The van der Waals surface area contributed by atoms with Crippen LogP contribution in [0.5, 0.6) is 0 Å². The molecule has 1 fully saturated rings. The van der Waals surface area contributed by atoms with Gasteiger partial charge in [0.05, 0.1) is 5.69 Å². The molecule has 0 spiro atoms. The molecule has 2 unspecified atom stereocenters. The number of hydrogen-bond acceptors (Lipinski definition) is 4. The first-order valence-electron chi connectivity index (χ1n) is 6.89. The molecule has 0 saturated carbocycles. The molecular weight excluding hydrogens is 236 g/mol. The summed E-state index contributed by atoms with van der Waals surface area (Å²) in [5.41, 5.74) is 7.08. The number of nitrogens with two attached hydrogens (primary N) is 1. The Morgan fingerprint density at radius 2 is 1.95 bits per heavy atom. The molecule has 4 nitrogen and oxygen atoms in total. The molecule has 2 heterocycles. The Morgan fingerprint density at radius 3 is 2.68 bits per heavy atom. The zero-order valence-corrected chi connectivity index (χ0v) is 11.5. The van der Waals surface area contributed by atoms with E-state index in [0.29, 0.717) is 12.0 Å². The SMILES string of the molecule is Cc1nnc(N2CCC(N)C(C)C2)c2ccccc12. The highest BCUT2D eigenvalue weighted by atomic mass is 15.3. The van der Waals surface area contributed by atoms with Crippen LogP contribution in [0, 0.1) is 12.8 Å². The number of rotatable bonds is 1. The molecule has 1 aromatic heterocycles. The summed E-state index contributed by atoms with van der Waals surface area (Å²) in [6, 6.07) is 8.66. The third kappa shape index (κ3) is 2.16. The molecule has 4 heteroatoms. The van der Waals surface area contributed by atoms with Crippen molar-refractivity contribution in [1.82, 2.24) is 10.2 Å². The molecule has 2 N–H and O–H groups in total. The van der Waals surface area contributed by atoms with Crippen molar-refractivity contribution in [1.29, 1.82) is 0 Å². The molecular formula is C15H20N4. The van der Waals surface area contributed by atoms with Crippen LogP contribution in [0.25, 0.3) is 10.8 Å². The van der Waals surface area contributed by atoms with Crippen LogP contribution >= 0.6 is 0 Å². The summed E-state index contributed by atoms with van der Waals surface area (Å²) in [5, 5.41) is 11.1. The maximum Gasteiger partial charge on any atom is 0.159 e. The monoisotopic (exact) mass is 256 g/mol. The highest BCUT2D eigenvalue weighted by Gasteiger charge is 2.25. The van der Waals surface area contributed by atoms with E-state index in [-0.39, 0.29) is 0 Å². The van der Waals surface area contributed by atoms with Gasteiger partial charge in [-0.1, -0.05) is 31.2 Å². The van der Waals surface area contributed by atoms with Gasteiger partial charge < -0.3 is 10.6 Å². The summed E-state index contributed by atoms with van der Waals surface area (Å²) >= 11 is 0. The largest absolute Gasteiger partial charge is 0.354 e. The average Bonchev–Trinajstić information content (AvgIpc) is 2.43. The van der Waals surface area contributed by atoms with Gasteiger partial charge in [0.1, 0.15) is 0 Å². The second-order valence-corrected chi connectivity index (χ2v) is 5.53. The van der Waals surface area contributed by atoms with Crippen LogP contribution in [0.2, 0.25) is 0 Å². The average molecular weight is 256 g/mol. The minimum Gasteiger partial charge on any atom is -0.354 e. The highest BCUT2D eigenvalue weighted by Crippen LogP contribution is 2.28. The van der Waals surface area contributed by atoms with E-state index in [9.17, 15) is 0 Å². The Kier molecular flexibility index (Phi) is 3.11. The van der Waals surface area contributed by atoms with Gasteiger partial charge in [-0.2, -0.15) is 5.10 Å². The van der Waals surface area contributed by atoms with Crippen LogP contribution in [0.15, 0.2) is 24.3 Å². The van der Waals surface area contributed by atoms with Crippen molar-refractivity contribution < 1.29 is 0 Å². The second kappa shape index (κ2) is 4.78. The molecule has 1 aromatic carbocycles. The smallest absolute Gasteiger partial charge is 0.159 e. The molecule has 3 rings (SSSR count). The van der Waals surface area contributed by atoms with E-state index in [1.54, 1.807) is 0 Å². The molecule has 0 aliphatic carbocycles. The molecule has 0 radical (unpaired) electrons. The van der Waals surface area contributed by atoms with Gasteiger partial charge in [-0.05, 0) is 19.3 Å². The van der Waals surface area contributed by atoms with E-state index < -0.39 is 0 Å². The number of anilines is 1. The van der Waals surface area contributed by atoms with Crippen molar-refractivity contribution in [3.8, 4) is 0 Å². The molecule has 1 aliphatic heterocycles. The molecule has 2 aromatic rings. The molecule has 1 saturated heterocycles. The minimum atomic E-state index is 0.306. The number of hydrogen-bond donors (Lipinski definition) is 1. The summed E-state index contributed by atoms with van der Waals surface area (Å²) in [5.74, 6) is 1.50. The van der Waals surface area contributed by atoms with Crippen molar-refractivity contribution in [2.24, 2.45) is 11.7 Å². The predicted octanol–water partition coefficient (Wildman–Crippen LogP) is 2.11. The van der Waals surface area contributed by atoms with Gasteiger partial charge in [0, 0.05) is 29.9 Å².